The van der Waals surface area contributed by atoms with E-state index in [1.54, 1.807) is 0 Å². The van der Waals surface area contributed by atoms with Crippen molar-refractivity contribution < 1.29 is 28.7 Å². The second kappa shape index (κ2) is 6.87. The minimum absolute atomic E-state index is 0.0649. The normalized spacial score (nSPS) is 25.4. The summed E-state index contributed by atoms with van der Waals surface area (Å²) in [4.78, 5) is 48.5. The molecule has 0 atom stereocenters. The number of esters is 2. The highest BCUT2D eigenvalue weighted by atomic mass is 16.5. The van der Waals surface area contributed by atoms with Gasteiger partial charge in [-0.15, -0.1) is 0 Å². The molecule has 0 saturated heterocycles. The van der Waals surface area contributed by atoms with Crippen molar-refractivity contribution in [2.24, 2.45) is 22.6 Å². The summed E-state index contributed by atoms with van der Waals surface area (Å²) in [5.74, 6) is -4.29. The summed E-state index contributed by atoms with van der Waals surface area (Å²) < 4.78 is 9.54. The smallest absolute Gasteiger partial charge is 0.337 e. The highest BCUT2D eigenvalue weighted by molar-refractivity contribution is 6.02. The Morgan fingerprint density at radius 3 is 1.52 bits per heavy atom. The molecule has 29 heavy (non-hydrogen) atoms. The number of allylic oxidation sites excluding steroid dienone is 2. The molecular weight excluding hydrogens is 388 g/mol. The van der Waals surface area contributed by atoms with Crippen LogP contribution in [0.2, 0.25) is 0 Å². The lowest BCUT2D eigenvalue weighted by Crippen LogP contribution is -2.75. The van der Waals surface area contributed by atoms with Crippen LogP contribution in [0.25, 0.3) is 0 Å². The first kappa shape index (κ1) is 21.3. The van der Waals surface area contributed by atoms with Gasteiger partial charge < -0.3 is 20.9 Å². The molecule has 2 aliphatic heterocycles. The number of nitrogens with one attached hydrogen (secondary N) is 2. The summed E-state index contributed by atoms with van der Waals surface area (Å²) in [6.45, 7) is 2.67. The Bertz CT molecular complexity index is 856. The molecular formula is C15H20N8O6. The molecule has 0 aromatic rings. The molecule has 0 unspecified atom stereocenters. The van der Waals surface area contributed by atoms with Crippen molar-refractivity contribution >= 4 is 24.0 Å². The van der Waals surface area contributed by atoms with Crippen LogP contribution in [0.4, 0.5) is 9.59 Å². The van der Waals surface area contributed by atoms with Crippen molar-refractivity contribution in [3.63, 3.8) is 0 Å². The molecule has 14 nitrogen and oxygen atoms in total. The number of methoxy groups -OCH3 is 2. The number of nitriles is 1. The molecule has 0 aromatic carbocycles. The number of amides is 4. The van der Waals surface area contributed by atoms with Gasteiger partial charge in [0.05, 0.1) is 31.4 Å². The first-order chi connectivity index (χ1) is 13.4. The molecule has 2 heterocycles. The first-order valence-corrected chi connectivity index (χ1v) is 7.97. The Morgan fingerprint density at radius 1 is 0.931 bits per heavy atom. The number of hydrogen-bond donors (Lipinski definition) is 5. The van der Waals surface area contributed by atoms with Crippen LogP contribution in [0.3, 0.4) is 0 Å². The van der Waals surface area contributed by atoms with Gasteiger partial charge in [-0.3, -0.25) is 5.73 Å². The van der Waals surface area contributed by atoms with Crippen molar-refractivity contribution in [1.82, 2.24) is 20.9 Å². The number of carbonyl (C=O) groups excluding carboxylic acids is 4. The minimum Gasteiger partial charge on any atom is -0.466 e. The van der Waals surface area contributed by atoms with E-state index in [9.17, 15) is 24.4 Å². The maximum absolute atomic E-state index is 12.6. The molecule has 14 heteroatoms. The zero-order valence-corrected chi connectivity index (χ0v) is 16.0. The van der Waals surface area contributed by atoms with Crippen LogP contribution in [-0.2, 0) is 19.1 Å². The van der Waals surface area contributed by atoms with E-state index in [-0.39, 0.29) is 22.5 Å². The number of hydrazine groups is 2. The molecule has 0 bridgehead atoms. The van der Waals surface area contributed by atoms with Gasteiger partial charge in [0.1, 0.15) is 0 Å². The molecule has 0 saturated carbocycles. The first-order valence-electron chi connectivity index (χ1n) is 7.97. The monoisotopic (exact) mass is 408 g/mol. The number of hydrogen-bond acceptors (Lipinski definition) is 10. The Labute approximate surface area is 164 Å². The molecule has 0 radical (unpaired) electrons. The summed E-state index contributed by atoms with van der Waals surface area (Å²) in [6, 6.07) is -0.335. The third kappa shape index (κ3) is 2.51. The minimum atomic E-state index is -2.27. The van der Waals surface area contributed by atoms with Gasteiger partial charge in [0.15, 0.2) is 5.41 Å². The summed E-state index contributed by atoms with van der Waals surface area (Å²) in [5.41, 5.74) is 18.2. The molecule has 0 aromatic heterocycles. The zero-order valence-electron chi connectivity index (χ0n) is 16.0. The number of carbonyl (C=O) groups is 4. The van der Waals surface area contributed by atoms with Crippen LogP contribution in [0.15, 0.2) is 22.5 Å². The summed E-state index contributed by atoms with van der Waals surface area (Å²) in [6.07, 6.45) is 0. The molecule has 0 fully saturated rings. The van der Waals surface area contributed by atoms with Gasteiger partial charge >= 0.3 is 24.0 Å². The van der Waals surface area contributed by atoms with E-state index < -0.39 is 35.2 Å². The number of ether oxygens (including phenoxy) is 2. The number of urea groups is 2. The number of fused-ring (bicyclic) bond motifs is 1. The molecule has 2 aliphatic rings. The van der Waals surface area contributed by atoms with Crippen molar-refractivity contribution in [1.29, 1.82) is 5.26 Å². The number of nitrogens with two attached hydrogens (primary N) is 3. The molecule has 0 spiro atoms. The lowest BCUT2D eigenvalue weighted by Gasteiger charge is -2.46. The van der Waals surface area contributed by atoms with Crippen molar-refractivity contribution in [3.8, 4) is 6.07 Å². The van der Waals surface area contributed by atoms with E-state index in [4.69, 9.17) is 26.7 Å². The highest BCUT2D eigenvalue weighted by Gasteiger charge is 2.75. The summed E-state index contributed by atoms with van der Waals surface area (Å²) in [5, 5.41) is 12.0. The summed E-state index contributed by atoms with van der Waals surface area (Å²) in [7, 11) is 2.11. The fourth-order valence-corrected chi connectivity index (χ4v) is 3.76. The third-order valence-electron chi connectivity index (χ3n) is 4.77. The largest absolute Gasteiger partial charge is 0.466 e. The van der Waals surface area contributed by atoms with Gasteiger partial charge in [-0.2, -0.15) is 5.26 Å². The Hall–Kier alpha value is -3.99. The molecule has 0 aliphatic carbocycles. The second-order valence-electron chi connectivity index (χ2n) is 6.11. The quantitative estimate of drug-likeness (QED) is 0.316. The predicted octanol–water partition coefficient (Wildman–Crippen LogP) is -2.20. The van der Waals surface area contributed by atoms with Gasteiger partial charge in [0.25, 0.3) is 0 Å². The van der Waals surface area contributed by atoms with E-state index >= 15 is 0 Å². The van der Waals surface area contributed by atoms with E-state index in [1.165, 1.54) is 13.8 Å². The van der Waals surface area contributed by atoms with Gasteiger partial charge in [0.2, 0.25) is 5.79 Å². The average molecular weight is 408 g/mol. The van der Waals surface area contributed by atoms with E-state index in [1.807, 2.05) is 6.07 Å². The highest BCUT2D eigenvalue weighted by Crippen LogP contribution is 2.59. The summed E-state index contributed by atoms with van der Waals surface area (Å²) >= 11 is 0. The maximum atomic E-state index is 12.6. The molecule has 8 N–H and O–H groups in total. The molecule has 4 amide bonds. The SMILES string of the molecule is COC(=O)C1=C(C)N(NC(N)=O)C2(N)N(NC(N)=O)C(C)=C(C(=O)OC)C12C#N. The fraction of sp³-hybridized carbons (Fsp3) is 0.400. The fourth-order valence-electron chi connectivity index (χ4n) is 3.76. The van der Waals surface area contributed by atoms with Gasteiger partial charge in [-0.05, 0) is 13.8 Å². The molecule has 156 valence electrons. The average Bonchev–Trinajstić information content (AvgIpc) is 2.95. The lowest BCUT2D eigenvalue weighted by atomic mass is 9.72. The second-order valence-corrected chi connectivity index (χ2v) is 6.11. The van der Waals surface area contributed by atoms with E-state index in [0.29, 0.717) is 0 Å². The Balaban J connectivity index is 2.99. The van der Waals surface area contributed by atoms with Crippen LogP contribution in [0.5, 0.6) is 0 Å². The van der Waals surface area contributed by atoms with Crippen LogP contribution in [0.1, 0.15) is 13.8 Å². The zero-order chi connectivity index (χ0) is 22.3. The van der Waals surface area contributed by atoms with Crippen LogP contribution in [0, 0.1) is 16.7 Å². The number of nitrogens with zero attached hydrogens (tertiary/aromatic N) is 3. The topological polar surface area (TPSA) is 219 Å². The van der Waals surface area contributed by atoms with Crippen molar-refractivity contribution in [3.05, 3.63) is 22.5 Å². The third-order valence-corrected chi connectivity index (χ3v) is 4.77. The van der Waals surface area contributed by atoms with Crippen LogP contribution >= 0.6 is 0 Å². The lowest BCUT2D eigenvalue weighted by molar-refractivity contribution is -0.139. The standard InChI is InChI=1S/C15H20N8O6/c1-6-8(10(24)28-3)14(5-16)9(11(25)29-4)7(2)23(21-13(18)27)15(14,19)22(6)20-12(17)26/h19H2,1-4H3,(H3,17,20,26)(H3,18,21,27). The van der Waals surface area contributed by atoms with Crippen LogP contribution < -0.4 is 28.1 Å². The Morgan fingerprint density at radius 2 is 1.28 bits per heavy atom. The van der Waals surface area contributed by atoms with E-state index in [0.717, 1.165) is 24.2 Å². The van der Waals surface area contributed by atoms with Gasteiger partial charge in [0, 0.05) is 11.4 Å². The predicted molar refractivity (Wildman–Crippen MR) is 93.5 cm³/mol. The van der Waals surface area contributed by atoms with Gasteiger partial charge in [-0.25, -0.2) is 40.0 Å². The maximum Gasteiger partial charge on any atom is 0.337 e. The van der Waals surface area contributed by atoms with E-state index in [2.05, 4.69) is 10.9 Å². The number of primary amides is 2. The number of rotatable bonds is 4. The van der Waals surface area contributed by atoms with Crippen molar-refractivity contribution in [2.75, 3.05) is 14.2 Å². The Kier molecular flexibility index (Phi) is 5.05. The van der Waals surface area contributed by atoms with Crippen molar-refractivity contribution in [2.45, 2.75) is 19.6 Å². The van der Waals surface area contributed by atoms with Gasteiger partial charge in [-0.1, -0.05) is 0 Å². The van der Waals surface area contributed by atoms with Crippen LogP contribution in [-0.4, -0.2) is 54.0 Å². The molecule has 2 rings (SSSR count).